The van der Waals surface area contributed by atoms with E-state index in [9.17, 15) is 13.2 Å². The molecule has 1 aliphatic rings. The standard InChI is InChI=1S/C24H32N2O3S/c1-17-14-18(2)16-26(15-17)30(28,29)20-12-10-19(11-13-20)23(27)25-22-9-7-6-8-21(22)24(3,4)5/h6-13,17-18H,14-16H2,1-5H3,(H,25,27)/t17-,18-/m0/s1. The summed E-state index contributed by atoms with van der Waals surface area (Å²) in [5, 5.41) is 2.97. The summed E-state index contributed by atoms with van der Waals surface area (Å²) in [5.41, 5.74) is 2.14. The van der Waals surface area contributed by atoms with Crippen LogP contribution in [0, 0.1) is 11.8 Å². The summed E-state index contributed by atoms with van der Waals surface area (Å²) in [7, 11) is -3.55. The number of carbonyl (C=O) groups excluding carboxylic acids is 1. The predicted octanol–water partition coefficient (Wildman–Crippen LogP) is 4.90. The maximum atomic E-state index is 13.0. The van der Waals surface area contributed by atoms with Gasteiger partial charge >= 0.3 is 0 Å². The van der Waals surface area contributed by atoms with E-state index in [4.69, 9.17) is 0 Å². The molecule has 2 aromatic carbocycles. The highest BCUT2D eigenvalue weighted by Crippen LogP contribution is 2.30. The summed E-state index contributed by atoms with van der Waals surface area (Å²) in [6, 6.07) is 14.0. The molecule has 0 radical (unpaired) electrons. The lowest BCUT2D eigenvalue weighted by Gasteiger charge is -2.34. The van der Waals surface area contributed by atoms with E-state index >= 15 is 0 Å². The maximum absolute atomic E-state index is 13.0. The Morgan fingerprint density at radius 2 is 1.53 bits per heavy atom. The van der Waals surface area contributed by atoms with Crippen LogP contribution in [0.15, 0.2) is 53.4 Å². The lowest BCUT2D eigenvalue weighted by atomic mass is 9.86. The molecule has 0 saturated carbocycles. The molecular weight excluding hydrogens is 396 g/mol. The third-order valence-electron chi connectivity index (χ3n) is 5.57. The van der Waals surface area contributed by atoms with Crippen LogP contribution in [0.25, 0.3) is 0 Å². The Labute approximate surface area is 180 Å². The van der Waals surface area contributed by atoms with Crippen LogP contribution < -0.4 is 5.32 Å². The average Bonchev–Trinajstić information content (AvgIpc) is 2.67. The van der Waals surface area contributed by atoms with Gasteiger partial charge in [-0.05, 0) is 59.6 Å². The van der Waals surface area contributed by atoms with Crippen LogP contribution in [0.4, 0.5) is 5.69 Å². The summed E-state index contributed by atoms with van der Waals surface area (Å²) >= 11 is 0. The van der Waals surface area contributed by atoms with Crippen LogP contribution in [0.5, 0.6) is 0 Å². The number of benzene rings is 2. The Kier molecular flexibility index (Phi) is 6.39. The van der Waals surface area contributed by atoms with Crippen molar-refractivity contribution < 1.29 is 13.2 Å². The number of nitrogens with zero attached hydrogens (tertiary/aromatic N) is 1. The highest BCUT2D eigenvalue weighted by atomic mass is 32.2. The summed E-state index contributed by atoms with van der Waals surface area (Å²) in [5.74, 6) is 0.434. The molecule has 1 amide bonds. The molecule has 1 saturated heterocycles. The first-order chi connectivity index (χ1) is 14.0. The van der Waals surface area contributed by atoms with Crippen LogP contribution in [-0.4, -0.2) is 31.7 Å². The minimum Gasteiger partial charge on any atom is -0.322 e. The molecule has 1 N–H and O–H groups in total. The summed E-state index contributed by atoms with van der Waals surface area (Å²) in [6.45, 7) is 11.5. The van der Waals surface area contributed by atoms with Gasteiger partial charge in [0.05, 0.1) is 4.90 Å². The number of hydrogen-bond acceptors (Lipinski definition) is 3. The van der Waals surface area contributed by atoms with Gasteiger partial charge in [0.25, 0.3) is 5.91 Å². The summed E-state index contributed by atoms with van der Waals surface area (Å²) in [4.78, 5) is 13.0. The Morgan fingerprint density at radius 3 is 2.10 bits per heavy atom. The lowest BCUT2D eigenvalue weighted by molar-refractivity contribution is 0.102. The van der Waals surface area contributed by atoms with E-state index < -0.39 is 10.0 Å². The Hall–Kier alpha value is -2.18. The second-order valence-electron chi connectivity index (χ2n) is 9.54. The van der Waals surface area contributed by atoms with Crippen LogP contribution in [0.2, 0.25) is 0 Å². The number of carbonyl (C=O) groups is 1. The van der Waals surface area contributed by atoms with Gasteiger partial charge in [0.15, 0.2) is 0 Å². The van der Waals surface area contributed by atoms with Gasteiger partial charge in [-0.25, -0.2) is 8.42 Å². The van der Waals surface area contributed by atoms with Crippen molar-refractivity contribution >= 4 is 21.6 Å². The molecule has 6 heteroatoms. The zero-order valence-corrected chi connectivity index (χ0v) is 19.3. The second kappa shape index (κ2) is 8.52. The molecule has 0 aromatic heterocycles. The van der Waals surface area contributed by atoms with Gasteiger partial charge in [-0.2, -0.15) is 4.31 Å². The quantitative estimate of drug-likeness (QED) is 0.753. The van der Waals surface area contributed by atoms with Crippen molar-refractivity contribution in [2.45, 2.75) is 51.3 Å². The average molecular weight is 429 g/mol. The number of rotatable bonds is 4. The molecule has 3 rings (SSSR count). The van der Waals surface area contributed by atoms with Crippen LogP contribution in [0.3, 0.4) is 0 Å². The fourth-order valence-corrected chi connectivity index (χ4v) is 5.85. The van der Waals surface area contributed by atoms with Gasteiger partial charge in [0, 0.05) is 24.3 Å². The Morgan fingerprint density at radius 1 is 0.967 bits per heavy atom. The number of amides is 1. The monoisotopic (exact) mass is 428 g/mol. The van der Waals surface area contributed by atoms with Crippen molar-refractivity contribution in [2.75, 3.05) is 18.4 Å². The van der Waals surface area contributed by atoms with E-state index in [0.717, 1.165) is 17.7 Å². The third-order valence-corrected chi connectivity index (χ3v) is 7.42. The van der Waals surface area contributed by atoms with E-state index in [1.807, 2.05) is 24.3 Å². The topological polar surface area (TPSA) is 66.5 Å². The minimum atomic E-state index is -3.55. The molecule has 162 valence electrons. The number of nitrogens with one attached hydrogen (secondary N) is 1. The predicted molar refractivity (Wildman–Crippen MR) is 121 cm³/mol. The largest absolute Gasteiger partial charge is 0.322 e. The third kappa shape index (κ3) is 4.93. The van der Waals surface area contributed by atoms with E-state index in [1.165, 1.54) is 12.1 Å². The van der Waals surface area contributed by atoms with Gasteiger partial charge in [0.2, 0.25) is 10.0 Å². The van der Waals surface area contributed by atoms with Crippen molar-refractivity contribution in [2.24, 2.45) is 11.8 Å². The lowest BCUT2D eigenvalue weighted by Crippen LogP contribution is -2.42. The highest BCUT2D eigenvalue weighted by molar-refractivity contribution is 7.89. The van der Waals surface area contributed by atoms with E-state index in [1.54, 1.807) is 16.4 Å². The van der Waals surface area contributed by atoms with Crippen molar-refractivity contribution in [3.05, 3.63) is 59.7 Å². The number of piperidine rings is 1. The zero-order valence-electron chi connectivity index (χ0n) is 18.5. The van der Waals surface area contributed by atoms with Crippen molar-refractivity contribution in [3.63, 3.8) is 0 Å². The summed E-state index contributed by atoms with van der Waals surface area (Å²) in [6.07, 6.45) is 1.04. The fourth-order valence-electron chi connectivity index (χ4n) is 4.17. The minimum absolute atomic E-state index is 0.107. The van der Waals surface area contributed by atoms with Gasteiger partial charge in [-0.1, -0.05) is 52.8 Å². The van der Waals surface area contributed by atoms with E-state index in [-0.39, 0.29) is 16.2 Å². The van der Waals surface area contributed by atoms with Crippen LogP contribution >= 0.6 is 0 Å². The molecule has 2 aromatic rings. The van der Waals surface area contributed by atoms with Crippen LogP contribution in [-0.2, 0) is 15.4 Å². The SMILES string of the molecule is C[C@H]1C[C@H](C)CN(S(=O)(=O)c2ccc(C(=O)Nc3ccccc3C(C)(C)C)cc2)C1. The number of para-hydroxylation sites is 1. The maximum Gasteiger partial charge on any atom is 0.255 e. The molecule has 0 spiro atoms. The van der Waals surface area contributed by atoms with Crippen molar-refractivity contribution in [3.8, 4) is 0 Å². The first-order valence-electron chi connectivity index (χ1n) is 10.5. The molecule has 1 aliphatic heterocycles. The van der Waals surface area contributed by atoms with Gasteiger partial charge in [0.1, 0.15) is 0 Å². The smallest absolute Gasteiger partial charge is 0.255 e. The zero-order chi connectivity index (χ0) is 22.1. The molecule has 0 unspecified atom stereocenters. The van der Waals surface area contributed by atoms with Crippen molar-refractivity contribution in [1.82, 2.24) is 4.31 Å². The molecule has 0 aliphatic carbocycles. The van der Waals surface area contributed by atoms with E-state index in [2.05, 4.69) is 39.9 Å². The highest BCUT2D eigenvalue weighted by Gasteiger charge is 2.31. The first-order valence-corrected chi connectivity index (χ1v) is 11.9. The first kappa shape index (κ1) is 22.5. The summed E-state index contributed by atoms with van der Waals surface area (Å²) < 4.78 is 27.6. The van der Waals surface area contributed by atoms with E-state index in [0.29, 0.717) is 30.5 Å². The molecule has 1 fully saturated rings. The second-order valence-corrected chi connectivity index (χ2v) is 11.5. The molecule has 1 heterocycles. The van der Waals surface area contributed by atoms with Gasteiger partial charge in [-0.3, -0.25) is 4.79 Å². The molecule has 0 bridgehead atoms. The molecule has 2 atom stereocenters. The number of sulfonamides is 1. The van der Waals surface area contributed by atoms with Gasteiger partial charge < -0.3 is 5.32 Å². The van der Waals surface area contributed by atoms with Crippen molar-refractivity contribution in [1.29, 1.82) is 0 Å². The normalized spacial score (nSPS) is 20.7. The Bertz CT molecular complexity index is 997. The molecule has 5 nitrogen and oxygen atoms in total. The van der Waals surface area contributed by atoms with Crippen LogP contribution in [0.1, 0.15) is 57.0 Å². The van der Waals surface area contributed by atoms with Gasteiger partial charge in [-0.15, -0.1) is 0 Å². The molecular formula is C24H32N2O3S. The number of anilines is 1. The number of hydrogen-bond donors (Lipinski definition) is 1. The molecule has 30 heavy (non-hydrogen) atoms. The fraction of sp³-hybridized carbons (Fsp3) is 0.458. The Balaban J connectivity index is 1.78.